The van der Waals surface area contributed by atoms with Crippen molar-refractivity contribution in [3.8, 4) is 0 Å². The number of hydrogen-bond acceptors (Lipinski definition) is 4. The summed E-state index contributed by atoms with van der Waals surface area (Å²) in [6.45, 7) is 0.938. The minimum Gasteiger partial charge on any atom is -0.265 e. The molecule has 0 aliphatic heterocycles. The van der Waals surface area contributed by atoms with Gasteiger partial charge in [-0.25, -0.2) is 5.43 Å². The Hall–Kier alpha value is -2.24. The van der Waals surface area contributed by atoms with E-state index in [9.17, 15) is 14.9 Å². The number of amides is 1. The molecule has 0 spiro atoms. The molecule has 0 fully saturated rings. The Morgan fingerprint density at radius 2 is 2.06 bits per heavy atom. The van der Waals surface area contributed by atoms with Crippen LogP contribution in [-0.2, 0) is 4.79 Å². The summed E-state index contributed by atoms with van der Waals surface area (Å²) in [6.07, 6.45) is 0. The molecule has 1 aromatic rings. The van der Waals surface area contributed by atoms with E-state index in [1.807, 2.05) is 30.3 Å². The van der Waals surface area contributed by atoms with Gasteiger partial charge in [0.2, 0.25) is 0 Å². The molecule has 1 N–H and O–H groups in total. The van der Waals surface area contributed by atoms with Crippen LogP contribution in [0.4, 0.5) is 0 Å². The maximum atomic E-state index is 10.9. The molecule has 0 bridgehead atoms. The molecule has 0 radical (unpaired) electrons. The first-order chi connectivity index (χ1) is 7.59. The summed E-state index contributed by atoms with van der Waals surface area (Å²) in [5, 5.41) is 13.8. The number of hydrogen-bond donors (Lipinski definition) is 1. The van der Waals surface area contributed by atoms with Crippen LogP contribution in [0.15, 0.2) is 35.4 Å². The van der Waals surface area contributed by atoms with Crippen LogP contribution < -0.4 is 5.43 Å². The molecule has 0 aliphatic rings. The molecule has 0 saturated carbocycles. The lowest BCUT2D eigenvalue weighted by atomic mass is 10.1. The molecule has 1 aromatic carbocycles. The second-order valence-corrected chi connectivity index (χ2v) is 3.09. The summed E-state index contributed by atoms with van der Waals surface area (Å²) in [4.78, 5) is 20.2. The van der Waals surface area contributed by atoms with Gasteiger partial charge in [-0.05, 0) is 12.5 Å². The van der Waals surface area contributed by atoms with Crippen LogP contribution in [0.1, 0.15) is 12.5 Å². The Morgan fingerprint density at radius 1 is 1.44 bits per heavy atom. The number of carbonyl (C=O) groups is 1. The van der Waals surface area contributed by atoms with Crippen molar-refractivity contribution in [2.45, 2.75) is 6.92 Å². The SMILES string of the molecule is CC(=NNC(=O)C[N+](=O)[O-])c1ccccc1. The molecule has 1 amide bonds. The predicted octanol–water partition coefficient (Wildman–Crippen LogP) is 0.804. The molecule has 0 heterocycles. The summed E-state index contributed by atoms with van der Waals surface area (Å²) in [5.74, 6) is -0.736. The number of carbonyl (C=O) groups excluding carboxylic acids is 1. The van der Waals surface area contributed by atoms with Crippen molar-refractivity contribution in [1.82, 2.24) is 5.43 Å². The molecule has 0 aliphatic carbocycles. The van der Waals surface area contributed by atoms with E-state index in [2.05, 4.69) is 10.5 Å². The topological polar surface area (TPSA) is 84.6 Å². The van der Waals surface area contributed by atoms with E-state index in [0.717, 1.165) is 5.56 Å². The van der Waals surface area contributed by atoms with Crippen molar-refractivity contribution in [2.75, 3.05) is 6.54 Å². The standard InChI is InChI=1S/C10H11N3O3/c1-8(9-5-3-2-4-6-9)11-12-10(14)7-13(15)16/h2-6H,7H2,1H3,(H,12,14). The smallest absolute Gasteiger partial charge is 0.265 e. The zero-order chi connectivity index (χ0) is 12.0. The molecule has 0 aromatic heterocycles. The third kappa shape index (κ3) is 3.87. The van der Waals surface area contributed by atoms with Crippen LogP contribution in [0.3, 0.4) is 0 Å². The number of nitrogens with one attached hydrogen (secondary N) is 1. The molecule has 6 nitrogen and oxygen atoms in total. The fraction of sp³-hybridized carbons (Fsp3) is 0.200. The van der Waals surface area contributed by atoms with Gasteiger partial charge in [0.25, 0.3) is 6.54 Å². The van der Waals surface area contributed by atoms with Crippen molar-refractivity contribution in [3.63, 3.8) is 0 Å². The number of rotatable bonds is 4. The normalized spacial score (nSPS) is 10.9. The zero-order valence-electron chi connectivity index (χ0n) is 8.71. The number of nitrogens with zero attached hydrogens (tertiary/aromatic N) is 2. The summed E-state index contributed by atoms with van der Waals surface area (Å²) in [5.41, 5.74) is 3.57. The molecule has 6 heteroatoms. The van der Waals surface area contributed by atoms with Crippen LogP contribution >= 0.6 is 0 Å². The van der Waals surface area contributed by atoms with Crippen molar-refractivity contribution in [2.24, 2.45) is 5.10 Å². The molecule has 84 valence electrons. The van der Waals surface area contributed by atoms with Crippen LogP contribution in [0.2, 0.25) is 0 Å². The lowest BCUT2D eigenvalue weighted by Gasteiger charge is -2.00. The van der Waals surface area contributed by atoms with E-state index in [1.165, 1.54) is 0 Å². The van der Waals surface area contributed by atoms with Gasteiger partial charge in [-0.2, -0.15) is 5.10 Å². The van der Waals surface area contributed by atoms with Gasteiger partial charge < -0.3 is 0 Å². The van der Waals surface area contributed by atoms with E-state index >= 15 is 0 Å². The molecule has 16 heavy (non-hydrogen) atoms. The fourth-order valence-corrected chi connectivity index (χ4v) is 1.04. The Kier molecular flexibility index (Phi) is 4.14. The van der Waals surface area contributed by atoms with E-state index < -0.39 is 17.4 Å². The first-order valence-corrected chi connectivity index (χ1v) is 4.60. The van der Waals surface area contributed by atoms with Crippen molar-refractivity contribution in [1.29, 1.82) is 0 Å². The maximum Gasteiger partial charge on any atom is 0.311 e. The summed E-state index contributed by atoms with van der Waals surface area (Å²) < 4.78 is 0. The van der Waals surface area contributed by atoms with Gasteiger partial charge in [-0.3, -0.25) is 14.9 Å². The highest BCUT2D eigenvalue weighted by atomic mass is 16.6. The van der Waals surface area contributed by atoms with Gasteiger partial charge in [0.15, 0.2) is 0 Å². The van der Waals surface area contributed by atoms with Crippen LogP contribution in [0, 0.1) is 10.1 Å². The zero-order valence-corrected chi connectivity index (χ0v) is 8.71. The lowest BCUT2D eigenvalue weighted by molar-refractivity contribution is -0.467. The van der Waals surface area contributed by atoms with E-state index in [0.29, 0.717) is 5.71 Å². The second kappa shape index (κ2) is 5.59. The molecule has 0 unspecified atom stereocenters. The highest BCUT2D eigenvalue weighted by molar-refractivity contribution is 5.99. The van der Waals surface area contributed by atoms with Crippen molar-refractivity contribution < 1.29 is 9.72 Å². The Labute approximate surface area is 92.1 Å². The van der Waals surface area contributed by atoms with Gasteiger partial charge in [-0.1, -0.05) is 30.3 Å². The van der Waals surface area contributed by atoms with Crippen molar-refractivity contribution >= 4 is 11.6 Å². The highest BCUT2D eigenvalue weighted by Crippen LogP contribution is 1.99. The summed E-state index contributed by atoms with van der Waals surface area (Å²) in [7, 11) is 0. The molecule has 0 saturated heterocycles. The average Bonchev–Trinajstić information content (AvgIpc) is 2.26. The monoisotopic (exact) mass is 221 g/mol. The fourth-order valence-electron chi connectivity index (χ4n) is 1.04. The Balaban J connectivity index is 2.58. The van der Waals surface area contributed by atoms with Crippen LogP contribution in [0.5, 0.6) is 0 Å². The van der Waals surface area contributed by atoms with Gasteiger partial charge in [0.05, 0.1) is 5.71 Å². The minimum absolute atomic E-state index is 0.595. The maximum absolute atomic E-state index is 10.9. The molecular formula is C10H11N3O3. The summed E-state index contributed by atoms with van der Waals surface area (Å²) in [6, 6.07) is 9.21. The van der Waals surface area contributed by atoms with E-state index in [4.69, 9.17) is 0 Å². The third-order valence-electron chi connectivity index (χ3n) is 1.81. The third-order valence-corrected chi connectivity index (χ3v) is 1.81. The average molecular weight is 221 g/mol. The van der Waals surface area contributed by atoms with E-state index in [1.54, 1.807) is 6.92 Å². The second-order valence-electron chi connectivity index (χ2n) is 3.09. The van der Waals surface area contributed by atoms with Crippen LogP contribution in [-0.4, -0.2) is 23.1 Å². The lowest BCUT2D eigenvalue weighted by Crippen LogP contribution is -2.26. The minimum atomic E-state index is -0.772. The number of hydrazone groups is 1. The molecular weight excluding hydrogens is 210 g/mol. The first-order valence-electron chi connectivity index (χ1n) is 4.60. The van der Waals surface area contributed by atoms with Gasteiger partial charge in [-0.15, -0.1) is 0 Å². The van der Waals surface area contributed by atoms with Gasteiger partial charge in [0.1, 0.15) is 0 Å². The molecule has 0 atom stereocenters. The van der Waals surface area contributed by atoms with Gasteiger partial charge >= 0.3 is 5.91 Å². The Morgan fingerprint density at radius 3 is 2.62 bits per heavy atom. The number of benzene rings is 1. The number of nitro groups is 1. The molecule has 1 rings (SSSR count). The van der Waals surface area contributed by atoms with E-state index in [-0.39, 0.29) is 0 Å². The van der Waals surface area contributed by atoms with Crippen LogP contribution in [0.25, 0.3) is 0 Å². The quantitative estimate of drug-likeness (QED) is 0.463. The Bertz CT molecular complexity index is 415. The first kappa shape index (κ1) is 11.8. The van der Waals surface area contributed by atoms with Crippen molar-refractivity contribution in [3.05, 3.63) is 46.0 Å². The van der Waals surface area contributed by atoms with Gasteiger partial charge in [0, 0.05) is 4.92 Å². The highest BCUT2D eigenvalue weighted by Gasteiger charge is 2.07. The largest absolute Gasteiger partial charge is 0.311 e. The predicted molar refractivity (Wildman–Crippen MR) is 58.7 cm³/mol. The summed E-state index contributed by atoms with van der Waals surface area (Å²) >= 11 is 0.